The van der Waals surface area contributed by atoms with Gasteiger partial charge in [0.15, 0.2) is 0 Å². The molecule has 0 aliphatic heterocycles. The molecule has 0 fully saturated rings. The number of esters is 1. The number of hydrogen-bond donors (Lipinski definition) is 3. The highest BCUT2D eigenvalue weighted by molar-refractivity contribution is 6.04. The molecule has 8 nitrogen and oxygen atoms in total. The zero-order valence-electron chi connectivity index (χ0n) is 14.5. The molecule has 142 valence electrons. The smallest absolute Gasteiger partial charge is 0.336 e. The molecule has 0 radical (unpaired) electrons. The van der Waals surface area contributed by atoms with Crippen LogP contribution < -0.4 is 0 Å². The average molecular weight is 374 g/mol. The number of carboxylic acids is 3. The molecule has 1 aromatic carbocycles. The second kappa shape index (κ2) is 7.45. The molecule has 0 bridgehead atoms. The molecule has 1 unspecified atom stereocenters. The summed E-state index contributed by atoms with van der Waals surface area (Å²) in [5, 5.41) is 28.4. The lowest BCUT2D eigenvalue weighted by Crippen LogP contribution is -2.31. The molecule has 0 aromatic heterocycles. The summed E-state index contributed by atoms with van der Waals surface area (Å²) in [5.41, 5.74) is -1.05. The van der Waals surface area contributed by atoms with E-state index in [0.717, 1.165) is 6.08 Å². The Morgan fingerprint density at radius 1 is 1.22 bits per heavy atom. The Kier molecular flexibility index (Phi) is 5.49. The molecule has 2 rings (SSSR count). The first-order valence-electron chi connectivity index (χ1n) is 7.98. The van der Waals surface area contributed by atoms with Crippen LogP contribution in [0.1, 0.15) is 44.3 Å². The fourth-order valence-electron chi connectivity index (χ4n) is 3.02. The van der Waals surface area contributed by atoms with E-state index in [0.29, 0.717) is 11.1 Å². The number of ether oxygens (including phenoxy) is 1. The average Bonchev–Trinajstić information content (AvgIpc) is 2.59. The van der Waals surface area contributed by atoms with E-state index in [1.165, 1.54) is 25.1 Å². The van der Waals surface area contributed by atoms with Crippen LogP contribution in [0, 0.1) is 5.41 Å². The van der Waals surface area contributed by atoms with E-state index < -0.39 is 40.4 Å². The molecule has 1 aliphatic rings. The first kappa shape index (κ1) is 19.9. The largest absolute Gasteiger partial charge is 0.481 e. The van der Waals surface area contributed by atoms with Gasteiger partial charge in [-0.05, 0) is 36.1 Å². The monoisotopic (exact) mass is 374 g/mol. The van der Waals surface area contributed by atoms with Gasteiger partial charge in [-0.3, -0.25) is 4.79 Å². The Labute approximate surface area is 154 Å². The van der Waals surface area contributed by atoms with Crippen molar-refractivity contribution in [3.63, 3.8) is 0 Å². The molecule has 1 aromatic rings. The Morgan fingerprint density at radius 2 is 1.89 bits per heavy atom. The predicted molar refractivity (Wildman–Crippen MR) is 93.7 cm³/mol. The van der Waals surface area contributed by atoms with Crippen molar-refractivity contribution in [1.82, 2.24) is 0 Å². The minimum Gasteiger partial charge on any atom is -0.481 e. The summed E-state index contributed by atoms with van der Waals surface area (Å²) in [4.78, 5) is 46.0. The fourth-order valence-corrected chi connectivity index (χ4v) is 3.02. The van der Waals surface area contributed by atoms with Crippen LogP contribution in [-0.4, -0.2) is 45.8 Å². The number of fused-ring (bicyclic) bond motifs is 1. The molecule has 8 heteroatoms. The molecule has 1 atom stereocenters. The van der Waals surface area contributed by atoms with Crippen LogP contribution in [0.2, 0.25) is 0 Å². The topological polar surface area (TPSA) is 138 Å². The fraction of sp³-hybridized carbons (Fsp3) is 0.263. The first-order valence-corrected chi connectivity index (χ1v) is 7.98. The summed E-state index contributed by atoms with van der Waals surface area (Å²) in [5.74, 6) is -4.64. The zero-order valence-corrected chi connectivity index (χ0v) is 14.5. The molecule has 0 saturated carbocycles. The summed E-state index contributed by atoms with van der Waals surface area (Å²) in [7, 11) is 0. The normalized spacial score (nSPS) is 17.7. The van der Waals surface area contributed by atoms with Crippen molar-refractivity contribution in [2.24, 2.45) is 5.41 Å². The third kappa shape index (κ3) is 3.89. The number of carbonyl (C=O) groups excluding carboxylic acids is 1. The van der Waals surface area contributed by atoms with Gasteiger partial charge in [-0.1, -0.05) is 18.7 Å². The second-order valence-corrected chi connectivity index (χ2v) is 6.32. The van der Waals surface area contributed by atoms with Crippen LogP contribution >= 0.6 is 0 Å². The molecule has 0 heterocycles. The summed E-state index contributed by atoms with van der Waals surface area (Å²) >= 11 is 0. The van der Waals surface area contributed by atoms with Crippen LogP contribution in [0.3, 0.4) is 0 Å². The minimum atomic E-state index is -1.44. The number of benzene rings is 1. The van der Waals surface area contributed by atoms with E-state index in [4.69, 9.17) is 4.74 Å². The Morgan fingerprint density at radius 3 is 2.41 bits per heavy atom. The Balaban J connectivity index is 2.62. The van der Waals surface area contributed by atoms with Gasteiger partial charge in [0.2, 0.25) is 0 Å². The van der Waals surface area contributed by atoms with Gasteiger partial charge in [0.05, 0.1) is 23.1 Å². The van der Waals surface area contributed by atoms with Crippen molar-refractivity contribution in [2.45, 2.75) is 19.8 Å². The lowest BCUT2D eigenvalue weighted by Gasteiger charge is -2.28. The summed E-state index contributed by atoms with van der Waals surface area (Å²) in [6.45, 7) is 4.57. The van der Waals surface area contributed by atoms with Crippen LogP contribution in [0.5, 0.6) is 0 Å². The van der Waals surface area contributed by atoms with Crippen molar-refractivity contribution in [3.8, 4) is 0 Å². The van der Waals surface area contributed by atoms with Crippen molar-refractivity contribution in [2.75, 3.05) is 6.61 Å². The van der Waals surface area contributed by atoms with E-state index in [1.54, 1.807) is 0 Å². The molecule has 0 amide bonds. The van der Waals surface area contributed by atoms with E-state index >= 15 is 0 Å². The lowest BCUT2D eigenvalue weighted by atomic mass is 9.75. The van der Waals surface area contributed by atoms with Crippen molar-refractivity contribution in [1.29, 1.82) is 0 Å². The number of rotatable bonds is 7. The minimum absolute atomic E-state index is 0.00773. The maximum atomic E-state index is 11.7. The summed E-state index contributed by atoms with van der Waals surface area (Å²) in [6, 6.07) is 1.20. The van der Waals surface area contributed by atoms with Gasteiger partial charge in [0.25, 0.3) is 0 Å². The molecule has 0 saturated heterocycles. The van der Waals surface area contributed by atoms with E-state index in [9.17, 15) is 34.5 Å². The molecule has 27 heavy (non-hydrogen) atoms. The molecule has 1 aliphatic carbocycles. The van der Waals surface area contributed by atoms with Crippen LogP contribution in [0.15, 0.2) is 24.8 Å². The lowest BCUT2D eigenvalue weighted by molar-refractivity contribution is -0.145. The van der Waals surface area contributed by atoms with Crippen LogP contribution in [0.4, 0.5) is 0 Å². The third-order valence-electron chi connectivity index (χ3n) is 4.43. The maximum Gasteiger partial charge on any atom is 0.336 e. The van der Waals surface area contributed by atoms with Crippen LogP contribution in [0.25, 0.3) is 6.08 Å². The highest BCUT2D eigenvalue weighted by Crippen LogP contribution is 2.37. The predicted octanol–water partition coefficient (Wildman–Crippen LogP) is 2.01. The number of aliphatic carboxylic acids is 1. The van der Waals surface area contributed by atoms with Crippen LogP contribution in [-0.2, 0) is 27.2 Å². The SMILES string of the molecule is C=CC(=O)OCCc1c2c(cc(C(=O)O)c1C(=O)O)CC(C)(C(=O)O)C=C2. The van der Waals surface area contributed by atoms with Crippen molar-refractivity contribution in [3.05, 3.63) is 52.6 Å². The standard InChI is InChI=1S/C19H18O8/c1-3-14(20)27-7-5-12-11-4-6-19(2,18(25)26)9-10(11)8-13(16(21)22)15(12)17(23)24/h3-4,6,8H,1,5,7,9H2,2H3,(H,21,22)(H,23,24)(H,25,26). The highest BCUT2D eigenvalue weighted by Gasteiger charge is 2.36. The summed E-state index contributed by atoms with van der Waals surface area (Å²) < 4.78 is 4.88. The number of hydrogen-bond acceptors (Lipinski definition) is 5. The van der Waals surface area contributed by atoms with Crippen molar-refractivity contribution < 1.29 is 39.2 Å². The number of carboxylic acid groups (broad SMARTS) is 3. The third-order valence-corrected chi connectivity index (χ3v) is 4.43. The second-order valence-electron chi connectivity index (χ2n) is 6.32. The molecular weight excluding hydrogens is 356 g/mol. The van der Waals surface area contributed by atoms with Gasteiger partial charge in [-0.25, -0.2) is 14.4 Å². The van der Waals surface area contributed by atoms with Gasteiger partial charge in [-0.15, -0.1) is 0 Å². The van der Waals surface area contributed by atoms with Gasteiger partial charge >= 0.3 is 23.9 Å². The van der Waals surface area contributed by atoms with Gasteiger partial charge in [-0.2, -0.15) is 0 Å². The van der Waals surface area contributed by atoms with Crippen molar-refractivity contribution >= 4 is 30.0 Å². The first-order chi connectivity index (χ1) is 12.6. The Bertz CT molecular complexity index is 880. The quantitative estimate of drug-likeness (QED) is 0.487. The Hall–Kier alpha value is -3.42. The zero-order chi connectivity index (χ0) is 20.4. The maximum absolute atomic E-state index is 11.7. The molecule has 3 N–H and O–H groups in total. The highest BCUT2D eigenvalue weighted by atomic mass is 16.5. The van der Waals surface area contributed by atoms with E-state index in [-0.39, 0.29) is 25.0 Å². The van der Waals surface area contributed by atoms with Gasteiger partial charge in [0.1, 0.15) is 0 Å². The van der Waals surface area contributed by atoms with Gasteiger partial charge in [0, 0.05) is 12.5 Å². The molecular formula is C19H18O8. The van der Waals surface area contributed by atoms with E-state index in [2.05, 4.69) is 6.58 Å². The summed E-state index contributed by atoms with van der Waals surface area (Å²) in [6.07, 6.45) is 3.85. The number of carbonyl (C=O) groups is 4. The molecule has 0 spiro atoms. The van der Waals surface area contributed by atoms with Gasteiger partial charge < -0.3 is 20.1 Å². The number of aromatic carboxylic acids is 2. The van der Waals surface area contributed by atoms with E-state index in [1.807, 2.05) is 0 Å².